The number of nitrogens with two attached hydrogens (primary N) is 1. The summed E-state index contributed by atoms with van der Waals surface area (Å²) in [7, 11) is -1.71. The number of nitrogen functional groups attached to an aromatic ring is 1. The lowest BCUT2D eigenvalue weighted by atomic mass is 10.1. The lowest BCUT2D eigenvalue weighted by Crippen LogP contribution is -2.46. The standard InChI is InChI=1S/C16H27N6O4P/c1-10(2)26-15(23)16(4,5)21-27(24)9-25-11(3)6-22-8-20-12-13(17)18-7-19-14(12)22/h7-8,10-11,21,24H,6,9H2,1-5H3,(H2,17,18,19)/t11-,27-/m1/s1. The van der Waals surface area contributed by atoms with Crippen molar-refractivity contribution in [2.45, 2.75) is 58.9 Å². The number of esters is 1. The Bertz CT molecular complexity index is 781. The van der Waals surface area contributed by atoms with E-state index in [9.17, 15) is 9.69 Å². The van der Waals surface area contributed by atoms with Gasteiger partial charge in [0.2, 0.25) is 0 Å². The van der Waals surface area contributed by atoms with E-state index in [-0.39, 0.29) is 18.6 Å². The molecule has 0 saturated carbocycles. The summed E-state index contributed by atoms with van der Waals surface area (Å²) in [5.41, 5.74) is 5.94. The second-order valence-electron chi connectivity index (χ2n) is 7.02. The van der Waals surface area contributed by atoms with Gasteiger partial charge in [0.1, 0.15) is 32.0 Å². The highest BCUT2D eigenvalue weighted by Gasteiger charge is 2.32. The molecule has 4 N–H and O–H groups in total. The van der Waals surface area contributed by atoms with Gasteiger partial charge >= 0.3 is 5.97 Å². The van der Waals surface area contributed by atoms with Crippen LogP contribution in [0.15, 0.2) is 12.7 Å². The lowest BCUT2D eigenvalue weighted by Gasteiger charge is -2.28. The molecule has 2 rings (SSSR count). The molecule has 150 valence electrons. The number of carbonyl (C=O) groups is 1. The Kier molecular flexibility index (Phi) is 7.05. The molecule has 0 amide bonds. The van der Waals surface area contributed by atoms with Gasteiger partial charge in [0.25, 0.3) is 0 Å². The largest absolute Gasteiger partial charge is 0.462 e. The van der Waals surface area contributed by atoms with Crippen molar-refractivity contribution in [3.63, 3.8) is 0 Å². The van der Waals surface area contributed by atoms with Crippen LogP contribution in [0.5, 0.6) is 0 Å². The quantitative estimate of drug-likeness (QED) is 0.422. The molecule has 0 unspecified atom stereocenters. The fraction of sp³-hybridized carbons (Fsp3) is 0.625. The molecule has 0 fully saturated rings. The van der Waals surface area contributed by atoms with E-state index < -0.39 is 19.8 Å². The van der Waals surface area contributed by atoms with Crippen LogP contribution >= 0.6 is 8.30 Å². The first-order chi connectivity index (χ1) is 12.6. The number of nitrogens with zero attached hydrogens (tertiary/aromatic N) is 4. The van der Waals surface area contributed by atoms with Crippen LogP contribution in [0, 0.1) is 0 Å². The topological polar surface area (TPSA) is 137 Å². The van der Waals surface area contributed by atoms with Crippen LogP contribution in [-0.4, -0.2) is 54.5 Å². The minimum absolute atomic E-state index is 0.0681. The van der Waals surface area contributed by atoms with Gasteiger partial charge in [-0.25, -0.2) is 15.0 Å². The third-order valence-corrected chi connectivity index (χ3v) is 4.84. The van der Waals surface area contributed by atoms with Gasteiger partial charge < -0.3 is 24.7 Å². The third kappa shape index (κ3) is 5.80. The van der Waals surface area contributed by atoms with E-state index in [1.165, 1.54) is 6.33 Å². The SMILES string of the molecule is CC(C)OC(=O)C(C)(C)N[P@](O)CO[C@H](C)Cn1cnc2c(N)ncnc21. The molecule has 2 atom stereocenters. The maximum absolute atomic E-state index is 12.1. The second kappa shape index (κ2) is 8.88. The number of carbonyl (C=O) groups excluding carboxylic acids is 1. The molecule has 0 aliphatic rings. The number of aromatic nitrogens is 4. The van der Waals surface area contributed by atoms with E-state index in [0.29, 0.717) is 23.5 Å². The predicted octanol–water partition coefficient (Wildman–Crippen LogP) is 1.40. The molecule has 0 radical (unpaired) electrons. The summed E-state index contributed by atoms with van der Waals surface area (Å²) >= 11 is 0. The van der Waals surface area contributed by atoms with Gasteiger partial charge in [-0.2, -0.15) is 0 Å². The molecule has 0 aliphatic carbocycles. The molecule has 0 bridgehead atoms. The summed E-state index contributed by atoms with van der Waals surface area (Å²) in [5.74, 6) is -0.0971. The third-order valence-electron chi connectivity index (χ3n) is 3.63. The van der Waals surface area contributed by atoms with E-state index in [1.807, 2.05) is 11.5 Å². The number of imidazole rings is 1. The van der Waals surface area contributed by atoms with E-state index in [1.54, 1.807) is 34.0 Å². The van der Waals surface area contributed by atoms with E-state index >= 15 is 0 Å². The van der Waals surface area contributed by atoms with E-state index in [2.05, 4.69) is 20.0 Å². The van der Waals surface area contributed by atoms with Crippen LogP contribution < -0.4 is 10.8 Å². The maximum atomic E-state index is 12.1. The molecule has 2 aromatic heterocycles. The Morgan fingerprint density at radius 1 is 1.37 bits per heavy atom. The van der Waals surface area contributed by atoms with Crippen LogP contribution in [0.1, 0.15) is 34.6 Å². The average Bonchev–Trinajstić information content (AvgIpc) is 2.96. The van der Waals surface area contributed by atoms with Crippen molar-refractivity contribution in [1.29, 1.82) is 0 Å². The summed E-state index contributed by atoms with van der Waals surface area (Å²) in [6.07, 6.45) is 2.64. The first kappa shape index (κ1) is 21.4. The van der Waals surface area contributed by atoms with Gasteiger partial charge in [-0.3, -0.25) is 9.88 Å². The molecular weight excluding hydrogens is 371 g/mol. The van der Waals surface area contributed by atoms with Crippen molar-refractivity contribution < 1.29 is 19.2 Å². The summed E-state index contributed by atoms with van der Waals surface area (Å²) in [6, 6.07) is 0. The van der Waals surface area contributed by atoms with Crippen LogP contribution in [-0.2, 0) is 20.8 Å². The van der Waals surface area contributed by atoms with Crippen molar-refractivity contribution in [3.05, 3.63) is 12.7 Å². The van der Waals surface area contributed by atoms with Gasteiger partial charge in [0.15, 0.2) is 11.5 Å². The van der Waals surface area contributed by atoms with Crippen molar-refractivity contribution in [2.75, 3.05) is 12.1 Å². The number of anilines is 1. The molecule has 2 aromatic rings. The highest BCUT2D eigenvalue weighted by Crippen LogP contribution is 2.29. The van der Waals surface area contributed by atoms with Gasteiger partial charge in [0.05, 0.1) is 25.1 Å². The molecular formula is C16H27N6O4P. The summed E-state index contributed by atoms with van der Waals surface area (Å²) < 4.78 is 12.7. The molecule has 0 aromatic carbocycles. The summed E-state index contributed by atoms with van der Waals surface area (Å²) in [5, 5.41) is 2.88. The Morgan fingerprint density at radius 2 is 2.07 bits per heavy atom. The predicted molar refractivity (Wildman–Crippen MR) is 103 cm³/mol. The van der Waals surface area contributed by atoms with Crippen molar-refractivity contribution >= 4 is 31.3 Å². The zero-order chi connectivity index (χ0) is 20.2. The highest BCUT2D eigenvalue weighted by atomic mass is 31.2. The Balaban J connectivity index is 1.86. The molecule has 0 spiro atoms. The molecule has 11 heteroatoms. The van der Waals surface area contributed by atoms with Crippen LogP contribution in [0.2, 0.25) is 0 Å². The fourth-order valence-electron chi connectivity index (χ4n) is 2.32. The first-order valence-electron chi connectivity index (χ1n) is 8.58. The molecule has 0 saturated heterocycles. The van der Waals surface area contributed by atoms with Crippen LogP contribution in [0.25, 0.3) is 11.2 Å². The zero-order valence-corrected chi connectivity index (χ0v) is 17.1. The minimum atomic E-state index is -1.71. The van der Waals surface area contributed by atoms with E-state index in [0.717, 1.165) is 0 Å². The van der Waals surface area contributed by atoms with Crippen LogP contribution in [0.3, 0.4) is 0 Å². The van der Waals surface area contributed by atoms with Crippen molar-refractivity contribution in [2.24, 2.45) is 0 Å². The average molecular weight is 398 g/mol. The normalized spacial score (nSPS) is 14.5. The number of hydrogen-bond donors (Lipinski definition) is 3. The second-order valence-corrected chi connectivity index (χ2v) is 8.31. The maximum Gasteiger partial charge on any atom is 0.326 e. The molecule has 2 heterocycles. The molecule has 10 nitrogen and oxygen atoms in total. The molecule has 27 heavy (non-hydrogen) atoms. The van der Waals surface area contributed by atoms with Gasteiger partial charge in [-0.1, -0.05) is 0 Å². The van der Waals surface area contributed by atoms with Crippen molar-refractivity contribution in [1.82, 2.24) is 24.6 Å². The minimum Gasteiger partial charge on any atom is -0.462 e. The zero-order valence-electron chi connectivity index (χ0n) is 16.2. The Labute approximate surface area is 159 Å². The Hall–Kier alpha value is -1.87. The number of hydrogen-bond acceptors (Lipinski definition) is 9. The van der Waals surface area contributed by atoms with Gasteiger partial charge in [-0.05, 0) is 34.6 Å². The van der Waals surface area contributed by atoms with Gasteiger partial charge in [0, 0.05) is 0 Å². The monoisotopic (exact) mass is 398 g/mol. The number of fused-ring (bicyclic) bond motifs is 1. The Morgan fingerprint density at radius 3 is 2.74 bits per heavy atom. The van der Waals surface area contributed by atoms with Gasteiger partial charge in [-0.15, -0.1) is 0 Å². The van der Waals surface area contributed by atoms with Crippen molar-refractivity contribution in [3.8, 4) is 0 Å². The highest BCUT2D eigenvalue weighted by molar-refractivity contribution is 7.49. The smallest absolute Gasteiger partial charge is 0.326 e. The molecule has 0 aliphatic heterocycles. The fourth-order valence-corrected chi connectivity index (χ4v) is 3.52. The van der Waals surface area contributed by atoms with Crippen LogP contribution in [0.4, 0.5) is 5.82 Å². The number of rotatable bonds is 9. The summed E-state index contributed by atoms with van der Waals surface area (Å²) in [4.78, 5) is 34.6. The number of nitrogens with one attached hydrogen (secondary N) is 1. The van der Waals surface area contributed by atoms with E-state index in [4.69, 9.17) is 15.2 Å². The lowest BCUT2D eigenvalue weighted by molar-refractivity contribution is -0.153. The number of ether oxygens (including phenoxy) is 2. The summed E-state index contributed by atoms with van der Waals surface area (Å²) in [6.45, 7) is 9.23. The first-order valence-corrected chi connectivity index (χ1v) is 10.1.